The van der Waals surface area contributed by atoms with E-state index >= 15 is 0 Å². The number of Topliss-reactive ketones (excluding diaryl/α,β-unsaturated/α-hetero) is 2. The van der Waals surface area contributed by atoms with Gasteiger partial charge in [0.2, 0.25) is 5.91 Å². The molecule has 0 atom stereocenters. The molecule has 0 unspecified atom stereocenters. The van der Waals surface area contributed by atoms with E-state index in [1.54, 1.807) is 53.5 Å². The van der Waals surface area contributed by atoms with Gasteiger partial charge in [-0.25, -0.2) is 5.01 Å². The minimum absolute atomic E-state index is 0.208. The van der Waals surface area contributed by atoms with E-state index < -0.39 is 5.41 Å². The maximum atomic E-state index is 13.3. The molecule has 134 valence electrons. The average Bonchev–Trinajstić information content (AvgIpc) is 2.89. The van der Waals surface area contributed by atoms with Crippen LogP contribution in [0.3, 0.4) is 0 Å². The van der Waals surface area contributed by atoms with Crippen molar-refractivity contribution in [2.45, 2.75) is 25.7 Å². The zero-order chi connectivity index (χ0) is 18.7. The number of carbonyl (C=O) groups excluding carboxylic acids is 3. The van der Waals surface area contributed by atoms with Crippen molar-refractivity contribution in [3.8, 4) is 0 Å². The first-order valence-electron chi connectivity index (χ1n) is 8.83. The first kappa shape index (κ1) is 18.0. The van der Waals surface area contributed by atoms with Crippen molar-refractivity contribution in [3.05, 3.63) is 71.3 Å². The molecule has 5 nitrogen and oxygen atoms in total. The summed E-state index contributed by atoms with van der Waals surface area (Å²) in [6.07, 6.45) is -0.208. The third-order valence-electron chi connectivity index (χ3n) is 4.93. The Kier molecular flexibility index (Phi) is 5.00. The molecule has 0 saturated carbocycles. The smallest absolute Gasteiger partial charge is 0.236 e. The van der Waals surface area contributed by atoms with Crippen molar-refractivity contribution in [2.75, 3.05) is 13.1 Å². The molecule has 0 fully saturated rings. The summed E-state index contributed by atoms with van der Waals surface area (Å²) in [5, 5.41) is 1.75. The van der Waals surface area contributed by atoms with Gasteiger partial charge in [-0.15, -0.1) is 0 Å². The topological polar surface area (TPSA) is 66.5 Å². The molecule has 0 spiro atoms. The summed E-state index contributed by atoms with van der Waals surface area (Å²) >= 11 is 0. The fourth-order valence-corrected chi connectivity index (χ4v) is 3.53. The van der Waals surface area contributed by atoms with Crippen LogP contribution in [0, 0.1) is 0 Å². The maximum absolute atomic E-state index is 13.3. The predicted octanol–water partition coefficient (Wildman–Crippen LogP) is 2.77. The van der Waals surface area contributed by atoms with Crippen LogP contribution in [0.5, 0.6) is 0 Å². The van der Waals surface area contributed by atoms with Crippen molar-refractivity contribution in [1.29, 1.82) is 0 Å². The summed E-state index contributed by atoms with van der Waals surface area (Å²) in [7, 11) is 0. The largest absolute Gasteiger partial charge is 0.293 e. The minimum Gasteiger partial charge on any atom is -0.293 e. The molecule has 0 heterocycles. The molecular weight excluding hydrogens is 328 g/mol. The Morgan fingerprint density at radius 2 is 1.38 bits per heavy atom. The molecule has 2 aromatic rings. The molecular formula is C21H22N2O3. The number of ketones is 2. The van der Waals surface area contributed by atoms with E-state index in [1.807, 2.05) is 19.9 Å². The maximum Gasteiger partial charge on any atom is 0.236 e. The van der Waals surface area contributed by atoms with Gasteiger partial charge in [-0.3, -0.25) is 19.8 Å². The second kappa shape index (κ2) is 7.22. The number of carbonyl (C=O) groups is 3. The van der Waals surface area contributed by atoms with E-state index in [4.69, 9.17) is 0 Å². The Balaban J connectivity index is 2.05. The average molecular weight is 350 g/mol. The van der Waals surface area contributed by atoms with Crippen LogP contribution < -0.4 is 5.43 Å². The normalized spacial score (nSPS) is 15.2. The molecule has 0 aromatic heterocycles. The molecule has 0 saturated heterocycles. The number of nitrogens with zero attached hydrogens (tertiary/aromatic N) is 1. The molecule has 5 heteroatoms. The van der Waals surface area contributed by atoms with Gasteiger partial charge in [-0.05, 0) is 5.56 Å². The van der Waals surface area contributed by atoms with Gasteiger partial charge in [-0.1, -0.05) is 68.4 Å². The van der Waals surface area contributed by atoms with Crippen molar-refractivity contribution >= 4 is 17.5 Å². The van der Waals surface area contributed by atoms with Crippen LogP contribution in [0.2, 0.25) is 0 Å². The highest BCUT2D eigenvalue weighted by atomic mass is 16.2. The first-order chi connectivity index (χ1) is 12.5. The fraction of sp³-hybridized carbons (Fsp3) is 0.286. The van der Waals surface area contributed by atoms with Crippen LogP contribution in [-0.4, -0.2) is 35.6 Å². The molecule has 0 aliphatic heterocycles. The van der Waals surface area contributed by atoms with Crippen molar-refractivity contribution in [1.82, 2.24) is 10.4 Å². The van der Waals surface area contributed by atoms with Gasteiger partial charge in [0.15, 0.2) is 11.6 Å². The molecule has 3 rings (SSSR count). The third kappa shape index (κ3) is 2.84. The summed E-state index contributed by atoms with van der Waals surface area (Å²) in [5.74, 6) is -0.954. The van der Waals surface area contributed by atoms with E-state index in [-0.39, 0.29) is 23.9 Å². The standard InChI is InChI=1S/C21H22N2O3/c1-3-23(4-2)22-18(24)14-21(15-10-6-5-7-11-15)19(25)16-12-8-9-13-17(16)20(21)26/h5-13H,3-4,14H2,1-2H3,(H,22,24). The van der Waals surface area contributed by atoms with Crippen LogP contribution in [0.1, 0.15) is 46.5 Å². The van der Waals surface area contributed by atoms with Gasteiger partial charge in [-0.2, -0.15) is 0 Å². The molecule has 2 aromatic carbocycles. The molecule has 26 heavy (non-hydrogen) atoms. The third-order valence-corrected chi connectivity index (χ3v) is 4.93. The van der Waals surface area contributed by atoms with E-state index in [0.717, 1.165) is 0 Å². The molecule has 1 aliphatic carbocycles. The summed E-state index contributed by atoms with van der Waals surface area (Å²) < 4.78 is 0. The van der Waals surface area contributed by atoms with Gasteiger partial charge < -0.3 is 0 Å². The number of rotatable bonds is 6. The fourth-order valence-electron chi connectivity index (χ4n) is 3.53. The summed E-state index contributed by atoms with van der Waals surface area (Å²) in [5.41, 5.74) is 2.63. The van der Waals surface area contributed by atoms with Gasteiger partial charge in [0.1, 0.15) is 5.41 Å². The summed E-state index contributed by atoms with van der Waals surface area (Å²) in [4.78, 5) is 39.2. The van der Waals surface area contributed by atoms with Gasteiger partial charge >= 0.3 is 0 Å². The molecule has 1 amide bonds. The highest BCUT2D eigenvalue weighted by Gasteiger charge is 2.55. The molecule has 0 radical (unpaired) electrons. The van der Waals surface area contributed by atoms with E-state index in [0.29, 0.717) is 29.8 Å². The van der Waals surface area contributed by atoms with Gasteiger partial charge in [0.25, 0.3) is 0 Å². The van der Waals surface area contributed by atoms with Gasteiger partial charge in [0, 0.05) is 24.2 Å². The minimum atomic E-state index is -1.50. The van der Waals surface area contributed by atoms with Gasteiger partial charge in [0.05, 0.1) is 6.42 Å². The Morgan fingerprint density at radius 1 is 0.885 bits per heavy atom. The summed E-state index contributed by atoms with van der Waals surface area (Å²) in [6, 6.07) is 15.7. The number of amides is 1. The number of hydrogen-bond acceptors (Lipinski definition) is 4. The SMILES string of the molecule is CCN(CC)NC(=O)CC1(c2ccccc2)C(=O)c2ccccc2C1=O. The quantitative estimate of drug-likeness (QED) is 0.643. The van der Waals surface area contributed by atoms with E-state index in [9.17, 15) is 14.4 Å². The van der Waals surface area contributed by atoms with Crippen molar-refractivity contribution in [3.63, 3.8) is 0 Å². The molecule has 1 aliphatic rings. The van der Waals surface area contributed by atoms with Crippen molar-refractivity contribution in [2.24, 2.45) is 0 Å². The number of benzene rings is 2. The lowest BCUT2D eigenvalue weighted by atomic mass is 9.73. The van der Waals surface area contributed by atoms with Crippen LogP contribution in [0.15, 0.2) is 54.6 Å². The number of hydrazine groups is 1. The molecule has 0 bridgehead atoms. The first-order valence-corrected chi connectivity index (χ1v) is 8.83. The lowest BCUT2D eigenvalue weighted by Crippen LogP contribution is -2.48. The van der Waals surface area contributed by atoms with Crippen LogP contribution in [-0.2, 0) is 10.2 Å². The second-order valence-electron chi connectivity index (χ2n) is 6.36. The number of nitrogens with one attached hydrogen (secondary N) is 1. The van der Waals surface area contributed by atoms with Crippen molar-refractivity contribution < 1.29 is 14.4 Å². The summed E-state index contributed by atoms with van der Waals surface area (Å²) in [6.45, 7) is 5.14. The predicted molar refractivity (Wildman–Crippen MR) is 98.9 cm³/mol. The zero-order valence-corrected chi connectivity index (χ0v) is 15.0. The highest BCUT2D eigenvalue weighted by molar-refractivity contribution is 6.34. The Bertz CT molecular complexity index is 806. The Labute approximate surface area is 153 Å². The van der Waals surface area contributed by atoms with Crippen LogP contribution in [0.4, 0.5) is 0 Å². The lowest BCUT2D eigenvalue weighted by Gasteiger charge is -2.28. The highest BCUT2D eigenvalue weighted by Crippen LogP contribution is 2.42. The van der Waals surface area contributed by atoms with E-state index in [1.165, 1.54) is 0 Å². The number of fused-ring (bicyclic) bond motifs is 1. The Hall–Kier alpha value is -2.79. The lowest BCUT2D eigenvalue weighted by molar-refractivity contribution is -0.126. The zero-order valence-electron chi connectivity index (χ0n) is 15.0. The van der Waals surface area contributed by atoms with Crippen LogP contribution >= 0.6 is 0 Å². The second-order valence-corrected chi connectivity index (χ2v) is 6.36. The molecule has 1 N–H and O–H groups in total. The monoisotopic (exact) mass is 350 g/mol. The van der Waals surface area contributed by atoms with Crippen LogP contribution in [0.25, 0.3) is 0 Å². The number of hydrogen-bond donors (Lipinski definition) is 1. The van der Waals surface area contributed by atoms with E-state index in [2.05, 4.69) is 5.43 Å². The Morgan fingerprint density at radius 3 is 1.88 bits per heavy atom.